The molecule has 25 heavy (non-hydrogen) atoms. The molecule has 0 saturated heterocycles. The van der Waals surface area contributed by atoms with E-state index in [9.17, 15) is 13.6 Å². The van der Waals surface area contributed by atoms with Crippen LogP contribution in [0.3, 0.4) is 0 Å². The molecule has 0 aromatic carbocycles. The van der Waals surface area contributed by atoms with E-state index in [4.69, 9.17) is 11.6 Å². The number of hydrogen-bond acceptors (Lipinski definition) is 6. The van der Waals surface area contributed by atoms with Crippen LogP contribution in [0.1, 0.15) is 5.56 Å². The van der Waals surface area contributed by atoms with Crippen LogP contribution >= 0.6 is 11.6 Å². The Kier molecular flexibility index (Phi) is 4.94. The second-order valence-corrected chi connectivity index (χ2v) is 5.30. The van der Waals surface area contributed by atoms with Crippen LogP contribution in [-0.4, -0.2) is 31.6 Å². The molecular weight excluding hydrogens is 356 g/mol. The Hall–Kier alpha value is -2.94. The largest absolute Gasteiger partial charge is 0.415 e. The summed E-state index contributed by atoms with van der Waals surface area (Å²) in [6.07, 6.45) is 3.05. The lowest BCUT2D eigenvalue weighted by atomic mass is 10.2. The first-order valence-electron chi connectivity index (χ1n) is 6.98. The standard InChI is InChI=1S/C15H10ClF2N5O2/c16-10-5-9(6-19-7-10)8-23-14(24)4-2-12(22-23)11-1-3-13(21-20-11)25-15(17)18/h1-7,15H,8H2. The van der Waals surface area contributed by atoms with Crippen LogP contribution in [0.4, 0.5) is 8.78 Å². The van der Waals surface area contributed by atoms with E-state index in [0.29, 0.717) is 22.0 Å². The third-order valence-corrected chi connectivity index (χ3v) is 3.28. The number of ether oxygens (including phenoxy) is 1. The molecule has 0 atom stereocenters. The third-order valence-electron chi connectivity index (χ3n) is 3.07. The quantitative estimate of drug-likeness (QED) is 0.690. The first-order chi connectivity index (χ1) is 12.0. The lowest BCUT2D eigenvalue weighted by molar-refractivity contribution is -0.0534. The van der Waals surface area contributed by atoms with E-state index in [0.717, 1.165) is 0 Å². The zero-order chi connectivity index (χ0) is 17.8. The summed E-state index contributed by atoms with van der Waals surface area (Å²) in [4.78, 5) is 15.9. The predicted molar refractivity (Wildman–Crippen MR) is 84.5 cm³/mol. The van der Waals surface area contributed by atoms with E-state index < -0.39 is 6.61 Å². The first-order valence-corrected chi connectivity index (χ1v) is 7.35. The molecule has 0 amide bonds. The van der Waals surface area contributed by atoms with Gasteiger partial charge in [-0.1, -0.05) is 11.6 Å². The minimum atomic E-state index is -2.98. The van der Waals surface area contributed by atoms with Gasteiger partial charge in [-0.2, -0.15) is 13.9 Å². The van der Waals surface area contributed by atoms with E-state index in [-0.39, 0.29) is 18.0 Å². The van der Waals surface area contributed by atoms with E-state index in [2.05, 4.69) is 25.0 Å². The average molecular weight is 366 g/mol. The SMILES string of the molecule is O=c1ccc(-c2ccc(OC(F)F)nn2)nn1Cc1cncc(Cl)c1. The molecule has 3 aromatic heterocycles. The molecule has 0 aliphatic heterocycles. The van der Waals surface area contributed by atoms with Crippen LogP contribution in [0, 0.1) is 0 Å². The van der Waals surface area contributed by atoms with Gasteiger partial charge in [-0.05, 0) is 23.8 Å². The van der Waals surface area contributed by atoms with Crippen molar-refractivity contribution in [1.29, 1.82) is 0 Å². The second kappa shape index (κ2) is 7.31. The highest BCUT2D eigenvalue weighted by Gasteiger charge is 2.09. The summed E-state index contributed by atoms with van der Waals surface area (Å²) in [6.45, 7) is -2.81. The van der Waals surface area contributed by atoms with Gasteiger partial charge in [0.05, 0.1) is 11.6 Å². The Morgan fingerprint density at radius 2 is 1.92 bits per heavy atom. The van der Waals surface area contributed by atoms with Crippen molar-refractivity contribution >= 4 is 11.6 Å². The fraction of sp³-hybridized carbons (Fsp3) is 0.133. The van der Waals surface area contributed by atoms with Gasteiger partial charge in [-0.3, -0.25) is 9.78 Å². The monoisotopic (exact) mass is 365 g/mol. The summed E-state index contributed by atoms with van der Waals surface area (Å²) >= 11 is 5.88. The fourth-order valence-corrected chi connectivity index (χ4v) is 2.22. The number of nitrogens with zero attached hydrogens (tertiary/aromatic N) is 5. The molecule has 0 radical (unpaired) electrons. The van der Waals surface area contributed by atoms with Gasteiger partial charge in [-0.15, -0.1) is 10.2 Å². The molecule has 3 heterocycles. The van der Waals surface area contributed by atoms with E-state index in [1.54, 1.807) is 12.3 Å². The third kappa shape index (κ3) is 4.32. The summed E-state index contributed by atoms with van der Waals surface area (Å²) < 4.78 is 29.6. The maximum Gasteiger partial charge on any atom is 0.388 e. The molecule has 0 spiro atoms. The van der Waals surface area contributed by atoms with Crippen LogP contribution in [0.25, 0.3) is 11.4 Å². The number of alkyl halides is 2. The Bertz CT molecular complexity index is 934. The van der Waals surface area contributed by atoms with Crippen LogP contribution in [0.2, 0.25) is 5.02 Å². The summed E-state index contributed by atoms with van der Waals surface area (Å²) in [7, 11) is 0. The topological polar surface area (TPSA) is 82.8 Å². The minimum absolute atomic E-state index is 0.167. The predicted octanol–water partition coefficient (Wildman–Crippen LogP) is 2.40. The molecule has 0 bridgehead atoms. The smallest absolute Gasteiger partial charge is 0.388 e. The van der Waals surface area contributed by atoms with Crippen LogP contribution < -0.4 is 10.3 Å². The summed E-state index contributed by atoms with van der Waals surface area (Å²) in [5, 5.41) is 12.0. The Labute approximate surface area is 144 Å². The molecule has 0 saturated carbocycles. The van der Waals surface area contributed by atoms with Gasteiger partial charge in [0.25, 0.3) is 5.56 Å². The summed E-state index contributed by atoms with van der Waals surface area (Å²) in [5.41, 5.74) is 1.03. The Morgan fingerprint density at radius 3 is 2.60 bits per heavy atom. The van der Waals surface area contributed by atoms with Crippen molar-refractivity contribution in [3.8, 4) is 17.3 Å². The molecule has 3 rings (SSSR count). The molecular formula is C15H10ClF2N5O2. The van der Waals surface area contributed by atoms with Crippen molar-refractivity contribution in [3.63, 3.8) is 0 Å². The van der Waals surface area contributed by atoms with E-state index in [1.807, 2.05) is 0 Å². The van der Waals surface area contributed by atoms with Gasteiger partial charge in [-0.25, -0.2) is 4.68 Å². The molecule has 0 fully saturated rings. The average Bonchev–Trinajstić information content (AvgIpc) is 2.57. The molecule has 10 heteroatoms. The van der Waals surface area contributed by atoms with Gasteiger partial charge in [0.2, 0.25) is 5.88 Å². The summed E-state index contributed by atoms with van der Waals surface area (Å²) in [6, 6.07) is 7.12. The molecule has 7 nitrogen and oxygen atoms in total. The fourth-order valence-electron chi connectivity index (χ4n) is 2.02. The second-order valence-electron chi connectivity index (χ2n) is 4.86. The number of rotatable bonds is 5. The number of pyridine rings is 1. The van der Waals surface area contributed by atoms with Gasteiger partial charge in [0.1, 0.15) is 11.4 Å². The van der Waals surface area contributed by atoms with Gasteiger partial charge in [0.15, 0.2) is 0 Å². The van der Waals surface area contributed by atoms with Gasteiger partial charge >= 0.3 is 6.61 Å². The minimum Gasteiger partial charge on any atom is -0.415 e. The number of halogens is 3. The van der Waals surface area contributed by atoms with Crippen molar-refractivity contribution in [1.82, 2.24) is 25.0 Å². The van der Waals surface area contributed by atoms with Gasteiger partial charge < -0.3 is 4.74 Å². The van der Waals surface area contributed by atoms with Crippen LogP contribution in [-0.2, 0) is 6.54 Å². The highest BCUT2D eigenvalue weighted by atomic mass is 35.5. The molecule has 3 aromatic rings. The van der Waals surface area contributed by atoms with Crippen molar-refractivity contribution in [3.05, 3.63) is 63.7 Å². The van der Waals surface area contributed by atoms with Crippen LogP contribution in [0.5, 0.6) is 5.88 Å². The summed E-state index contributed by atoms with van der Waals surface area (Å²) in [5.74, 6) is -0.308. The molecule has 0 aliphatic carbocycles. The molecule has 0 N–H and O–H groups in total. The zero-order valence-electron chi connectivity index (χ0n) is 12.5. The van der Waals surface area contributed by atoms with Crippen molar-refractivity contribution in [2.45, 2.75) is 13.2 Å². The zero-order valence-corrected chi connectivity index (χ0v) is 13.3. The normalized spacial score (nSPS) is 10.9. The Morgan fingerprint density at radius 1 is 1.12 bits per heavy atom. The first kappa shape index (κ1) is 16.9. The number of hydrogen-bond donors (Lipinski definition) is 0. The molecule has 0 aliphatic rings. The number of aromatic nitrogens is 5. The maximum atomic E-state index is 12.1. The van der Waals surface area contributed by atoms with Gasteiger partial charge in [0, 0.05) is 24.5 Å². The van der Waals surface area contributed by atoms with E-state index >= 15 is 0 Å². The van der Waals surface area contributed by atoms with Crippen molar-refractivity contribution in [2.24, 2.45) is 0 Å². The van der Waals surface area contributed by atoms with E-state index in [1.165, 1.54) is 35.1 Å². The maximum absolute atomic E-state index is 12.1. The molecule has 0 unspecified atom stereocenters. The lowest BCUT2D eigenvalue weighted by Crippen LogP contribution is -2.23. The highest BCUT2D eigenvalue weighted by molar-refractivity contribution is 6.30. The lowest BCUT2D eigenvalue weighted by Gasteiger charge is -2.07. The Balaban J connectivity index is 1.87. The molecule has 128 valence electrons. The van der Waals surface area contributed by atoms with Crippen molar-refractivity contribution < 1.29 is 13.5 Å². The van der Waals surface area contributed by atoms with Crippen LogP contribution in [0.15, 0.2) is 47.5 Å². The highest BCUT2D eigenvalue weighted by Crippen LogP contribution is 2.16. The van der Waals surface area contributed by atoms with Crippen molar-refractivity contribution in [2.75, 3.05) is 0 Å².